The molecule has 1 aliphatic heterocycles. The lowest BCUT2D eigenvalue weighted by atomic mass is 9.96. The zero-order chi connectivity index (χ0) is 22.7. The molecule has 1 heterocycles. The number of hydrogen-bond donors (Lipinski definition) is 1. The van der Waals surface area contributed by atoms with E-state index in [4.69, 9.17) is 5.11 Å². The maximum absolute atomic E-state index is 14.9. The Morgan fingerprint density at radius 3 is 2.32 bits per heavy atom. The number of carbonyl (C=O) groups excluding carboxylic acids is 1. The highest BCUT2D eigenvalue weighted by molar-refractivity contribution is 7.99. The molecule has 0 bridgehead atoms. The third kappa shape index (κ3) is 4.98. The van der Waals surface area contributed by atoms with Crippen LogP contribution in [0, 0.1) is 17.6 Å². The molecule has 0 aromatic heterocycles. The van der Waals surface area contributed by atoms with E-state index in [2.05, 4.69) is 6.58 Å². The van der Waals surface area contributed by atoms with Crippen molar-refractivity contribution in [3.8, 4) is 0 Å². The first-order valence-electron chi connectivity index (χ1n) is 10.2. The number of amides is 1. The minimum atomic E-state index is -1.11. The number of aliphatic carboxylic acids is 1. The Hall–Kier alpha value is -2.67. The van der Waals surface area contributed by atoms with E-state index < -0.39 is 29.4 Å². The van der Waals surface area contributed by atoms with Gasteiger partial charge in [0.2, 0.25) is 0 Å². The van der Waals surface area contributed by atoms with Crippen molar-refractivity contribution in [2.45, 2.75) is 42.4 Å². The molecule has 0 aliphatic carbocycles. The number of rotatable bonds is 6. The van der Waals surface area contributed by atoms with Gasteiger partial charge in [0.1, 0.15) is 0 Å². The van der Waals surface area contributed by atoms with Gasteiger partial charge in [-0.2, -0.15) is 0 Å². The van der Waals surface area contributed by atoms with E-state index in [0.717, 1.165) is 22.2 Å². The molecule has 0 spiro atoms. The lowest BCUT2D eigenvalue weighted by Gasteiger charge is -2.30. The van der Waals surface area contributed by atoms with E-state index in [-0.39, 0.29) is 35.0 Å². The van der Waals surface area contributed by atoms with Crippen LogP contribution < -0.4 is 0 Å². The summed E-state index contributed by atoms with van der Waals surface area (Å²) < 4.78 is 29.7. The number of likely N-dealkylation sites (tertiary alicyclic amines) is 1. The summed E-state index contributed by atoms with van der Waals surface area (Å²) in [6.45, 7) is 8.26. The van der Waals surface area contributed by atoms with Crippen molar-refractivity contribution in [3.63, 3.8) is 0 Å². The van der Waals surface area contributed by atoms with Crippen molar-refractivity contribution >= 4 is 29.2 Å². The molecule has 31 heavy (non-hydrogen) atoms. The van der Waals surface area contributed by atoms with Crippen LogP contribution in [-0.4, -0.2) is 35.0 Å². The maximum Gasteiger partial charge on any atom is 0.306 e. The molecule has 0 unspecified atom stereocenters. The Labute approximate surface area is 185 Å². The summed E-state index contributed by atoms with van der Waals surface area (Å²) in [6.07, 6.45) is 0.659. The molecule has 1 aliphatic rings. The number of carboxylic acids is 1. The number of nitrogens with zero attached hydrogens (tertiary/aromatic N) is 1. The first-order valence-corrected chi connectivity index (χ1v) is 11.0. The number of halogens is 2. The molecular weight excluding hydrogens is 420 g/mol. The zero-order valence-electron chi connectivity index (χ0n) is 17.5. The van der Waals surface area contributed by atoms with Gasteiger partial charge in [0, 0.05) is 29.1 Å². The second-order valence-electron chi connectivity index (χ2n) is 7.92. The first kappa shape index (κ1) is 23.0. The first-order chi connectivity index (χ1) is 14.7. The number of carbonyl (C=O) groups is 2. The van der Waals surface area contributed by atoms with Crippen LogP contribution in [0.25, 0.3) is 5.57 Å². The van der Waals surface area contributed by atoms with Gasteiger partial charge in [-0.1, -0.05) is 50.4 Å². The van der Waals surface area contributed by atoms with Crippen LogP contribution in [0.5, 0.6) is 0 Å². The summed E-state index contributed by atoms with van der Waals surface area (Å²) in [4.78, 5) is 26.2. The van der Waals surface area contributed by atoms with Crippen LogP contribution >= 0.6 is 11.8 Å². The van der Waals surface area contributed by atoms with Crippen LogP contribution in [0.15, 0.2) is 52.8 Å². The molecule has 1 amide bonds. The summed E-state index contributed by atoms with van der Waals surface area (Å²) in [5, 5.41) is 9.08. The van der Waals surface area contributed by atoms with E-state index in [1.165, 1.54) is 17.0 Å². The predicted molar refractivity (Wildman–Crippen MR) is 117 cm³/mol. The van der Waals surface area contributed by atoms with Crippen molar-refractivity contribution in [3.05, 3.63) is 65.7 Å². The van der Waals surface area contributed by atoms with Gasteiger partial charge in [-0.15, -0.1) is 0 Å². The second kappa shape index (κ2) is 9.64. The van der Waals surface area contributed by atoms with Crippen LogP contribution in [0.2, 0.25) is 0 Å². The number of benzene rings is 2. The van der Waals surface area contributed by atoms with Gasteiger partial charge < -0.3 is 10.0 Å². The minimum Gasteiger partial charge on any atom is -0.481 e. The summed E-state index contributed by atoms with van der Waals surface area (Å²) in [5.41, 5.74) is 0.731. The van der Waals surface area contributed by atoms with Gasteiger partial charge in [-0.05, 0) is 42.5 Å². The molecule has 0 atom stereocenters. The standard InChI is InChI=1S/C24H25F2NO3S/c1-14(2)17-6-4-5-7-19(17)31-20-9-8-18(21(25)22(20)26)15(3)23(28)27-12-10-16(11-13-27)24(29)30/h4-9,14,16H,3,10-13H2,1-2H3,(H,29,30). The van der Waals surface area contributed by atoms with Crippen LogP contribution in [0.3, 0.4) is 0 Å². The summed E-state index contributed by atoms with van der Waals surface area (Å²) in [7, 11) is 0. The van der Waals surface area contributed by atoms with Crippen molar-refractivity contribution in [1.29, 1.82) is 0 Å². The average Bonchev–Trinajstić information content (AvgIpc) is 2.76. The molecular formula is C24H25F2NO3S. The molecule has 0 saturated carbocycles. The smallest absolute Gasteiger partial charge is 0.306 e. The third-order valence-corrected chi connectivity index (χ3v) is 6.65. The summed E-state index contributed by atoms with van der Waals surface area (Å²) >= 11 is 1.15. The van der Waals surface area contributed by atoms with E-state index in [9.17, 15) is 18.4 Å². The van der Waals surface area contributed by atoms with Crippen molar-refractivity contribution in [2.24, 2.45) is 5.92 Å². The summed E-state index contributed by atoms with van der Waals surface area (Å²) in [5.74, 6) is -3.76. The van der Waals surface area contributed by atoms with Crippen molar-refractivity contribution < 1.29 is 23.5 Å². The summed E-state index contributed by atoms with van der Waals surface area (Å²) in [6, 6.07) is 10.4. The Bertz CT molecular complexity index is 1010. The van der Waals surface area contributed by atoms with Crippen molar-refractivity contribution in [2.75, 3.05) is 13.1 Å². The lowest BCUT2D eigenvalue weighted by Crippen LogP contribution is -2.40. The molecule has 2 aromatic rings. The Kier molecular flexibility index (Phi) is 7.15. The van der Waals surface area contributed by atoms with Gasteiger partial charge in [0.05, 0.1) is 10.8 Å². The van der Waals surface area contributed by atoms with Gasteiger partial charge in [-0.25, -0.2) is 8.78 Å². The van der Waals surface area contributed by atoms with Crippen molar-refractivity contribution in [1.82, 2.24) is 4.90 Å². The highest BCUT2D eigenvalue weighted by Crippen LogP contribution is 2.37. The molecule has 4 nitrogen and oxygen atoms in total. The third-order valence-electron chi connectivity index (χ3n) is 5.52. The largest absolute Gasteiger partial charge is 0.481 e. The fourth-order valence-corrected chi connectivity index (χ4v) is 4.77. The van der Waals surface area contributed by atoms with E-state index in [0.29, 0.717) is 12.8 Å². The fraction of sp³-hybridized carbons (Fsp3) is 0.333. The molecule has 7 heteroatoms. The van der Waals surface area contributed by atoms with E-state index >= 15 is 0 Å². The minimum absolute atomic E-state index is 0.135. The van der Waals surface area contributed by atoms with E-state index in [1.54, 1.807) is 0 Å². The molecule has 3 rings (SSSR count). The SMILES string of the molecule is C=C(C(=O)N1CCC(C(=O)O)CC1)c1ccc(Sc2ccccc2C(C)C)c(F)c1F. The topological polar surface area (TPSA) is 57.6 Å². The Morgan fingerprint density at radius 2 is 1.71 bits per heavy atom. The Morgan fingerprint density at radius 1 is 1.06 bits per heavy atom. The number of carboxylic acid groups (broad SMARTS) is 1. The zero-order valence-corrected chi connectivity index (χ0v) is 18.3. The second-order valence-corrected chi connectivity index (χ2v) is 9.00. The van der Waals surface area contributed by atoms with Gasteiger partial charge in [-0.3, -0.25) is 9.59 Å². The molecule has 1 saturated heterocycles. The van der Waals surface area contributed by atoms with Gasteiger partial charge >= 0.3 is 5.97 Å². The monoisotopic (exact) mass is 445 g/mol. The van der Waals surface area contributed by atoms with Gasteiger partial charge in [0.25, 0.3) is 5.91 Å². The highest BCUT2D eigenvalue weighted by atomic mass is 32.2. The van der Waals surface area contributed by atoms with Crippen LogP contribution in [0.1, 0.15) is 43.7 Å². The lowest BCUT2D eigenvalue weighted by molar-refractivity contribution is -0.144. The fourth-order valence-electron chi connectivity index (χ4n) is 3.65. The average molecular weight is 446 g/mol. The van der Waals surface area contributed by atoms with Gasteiger partial charge in [0.15, 0.2) is 11.6 Å². The molecule has 0 radical (unpaired) electrons. The quantitative estimate of drug-likeness (QED) is 0.590. The Balaban J connectivity index is 1.78. The van der Waals surface area contributed by atoms with Crippen LogP contribution in [-0.2, 0) is 9.59 Å². The number of hydrogen-bond acceptors (Lipinski definition) is 3. The molecule has 1 fully saturated rings. The molecule has 2 aromatic carbocycles. The molecule has 1 N–H and O–H groups in total. The number of piperidine rings is 1. The maximum atomic E-state index is 14.9. The highest BCUT2D eigenvalue weighted by Gasteiger charge is 2.29. The predicted octanol–water partition coefficient (Wildman–Crippen LogP) is 5.58. The van der Waals surface area contributed by atoms with E-state index in [1.807, 2.05) is 38.1 Å². The molecule has 164 valence electrons. The normalized spacial score (nSPS) is 14.7. The van der Waals surface area contributed by atoms with Crippen LogP contribution in [0.4, 0.5) is 8.78 Å².